The second-order valence-corrected chi connectivity index (χ2v) is 5.74. The van der Waals surface area contributed by atoms with E-state index < -0.39 is 6.09 Å². The minimum atomic E-state index is -0.455. The molecule has 1 heterocycles. The molecule has 0 aliphatic heterocycles. The molecule has 2 rings (SSSR count). The molecular weight excluding hydrogens is 296 g/mol. The Kier molecular flexibility index (Phi) is 5.56. The molecule has 1 amide bonds. The van der Waals surface area contributed by atoms with Crippen LogP contribution in [-0.4, -0.2) is 32.7 Å². The number of aromatic nitrogens is 3. The van der Waals surface area contributed by atoms with Gasteiger partial charge in [-0.2, -0.15) is 0 Å². The van der Waals surface area contributed by atoms with E-state index >= 15 is 0 Å². The lowest BCUT2D eigenvalue weighted by Gasteiger charge is -2.09. The van der Waals surface area contributed by atoms with Crippen LogP contribution in [0.5, 0.6) is 5.75 Å². The number of benzene rings is 1. The van der Waals surface area contributed by atoms with Gasteiger partial charge in [-0.25, -0.2) is 9.48 Å². The van der Waals surface area contributed by atoms with E-state index in [1.165, 1.54) is 0 Å². The zero-order valence-corrected chi connectivity index (χ0v) is 13.6. The van der Waals surface area contributed by atoms with Gasteiger partial charge in [0.25, 0.3) is 0 Å². The van der Waals surface area contributed by atoms with E-state index in [-0.39, 0.29) is 12.4 Å². The average Bonchev–Trinajstić information content (AvgIpc) is 2.86. The fourth-order valence-corrected chi connectivity index (χ4v) is 2.03. The second kappa shape index (κ2) is 7.62. The minimum absolute atomic E-state index is 0.0766. The van der Waals surface area contributed by atoms with Crippen molar-refractivity contribution in [3.63, 3.8) is 0 Å². The van der Waals surface area contributed by atoms with Crippen molar-refractivity contribution in [1.29, 1.82) is 0 Å². The van der Waals surface area contributed by atoms with Gasteiger partial charge in [0.15, 0.2) is 0 Å². The molecule has 0 fully saturated rings. The molecule has 7 nitrogen and oxygen atoms in total. The molecule has 0 aliphatic carbocycles. The first-order chi connectivity index (χ1) is 11.0. The number of alkyl carbamates (subject to hydrolysis) is 1. The van der Waals surface area contributed by atoms with Crippen LogP contribution < -0.4 is 5.32 Å². The molecule has 1 aromatic heterocycles. The number of nitrogens with zero attached hydrogens (tertiary/aromatic N) is 3. The van der Waals surface area contributed by atoms with Crippen molar-refractivity contribution in [2.24, 2.45) is 13.0 Å². The maximum atomic E-state index is 11.7. The van der Waals surface area contributed by atoms with Crippen molar-refractivity contribution >= 4 is 6.09 Å². The normalized spacial score (nSPS) is 10.8. The number of aryl methyl sites for hydroxylation is 1. The number of phenols is 1. The highest BCUT2D eigenvalue weighted by atomic mass is 16.5. The third-order valence-electron chi connectivity index (χ3n) is 3.41. The van der Waals surface area contributed by atoms with Crippen molar-refractivity contribution < 1.29 is 14.6 Å². The third kappa shape index (κ3) is 4.70. The van der Waals surface area contributed by atoms with Gasteiger partial charge >= 0.3 is 6.09 Å². The lowest BCUT2D eigenvalue weighted by atomic mass is 10.1. The van der Waals surface area contributed by atoms with Crippen molar-refractivity contribution in [3.8, 4) is 17.0 Å². The van der Waals surface area contributed by atoms with Crippen molar-refractivity contribution in [1.82, 2.24) is 20.3 Å². The van der Waals surface area contributed by atoms with Gasteiger partial charge in [0, 0.05) is 19.2 Å². The van der Waals surface area contributed by atoms with Crippen LogP contribution in [0.25, 0.3) is 11.3 Å². The summed E-state index contributed by atoms with van der Waals surface area (Å²) in [7, 11) is 1.74. The Morgan fingerprint density at radius 2 is 2.04 bits per heavy atom. The van der Waals surface area contributed by atoms with Crippen LogP contribution in [0.1, 0.15) is 26.0 Å². The summed E-state index contributed by atoms with van der Waals surface area (Å²) in [6.45, 7) is 4.86. The standard InChI is InChI=1S/C16H22N4O3/c1-11(2)8-9-17-16(22)23-10-14-15(18-19-20(14)3)12-4-6-13(21)7-5-12/h4-7,11,21H,8-10H2,1-3H3,(H,17,22). The zero-order chi connectivity index (χ0) is 16.8. The highest BCUT2D eigenvalue weighted by molar-refractivity contribution is 5.67. The number of phenolic OH excluding ortho intramolecular Hbond substituents is 1. The van der Waals surface area contributed by atoms with Crippen molar-refractivity contribution in [2.75, 3.05) is 6.54 Å². The van der Waals surface area contributed by atoms with Crippen LogP contribution >= 0.6 is 0 Å². The molecule has 2 aromatic rings. The summed E-state index contributed by atoms with van der Waals surface area (Å²) in [6.07, 6.45) is 0.449. The number of hydrogen-bond acceptors (Lipinski definition) is 5. The predicted octanol–water partition coefficient (Wildman–Crippen LogP) is 2.46. The van der Waals surface area contributed by atoms with Gasteiger partial charge in [-0.05, 0) is 36.6 Å². The van der Waals surface area contributed by atoms with Crippen molar-refractivity contribution in [3.05, 3.63) is 30.0 Å². The number of aromatic hydroxyl groups is 1. The molecule has 2 N–H and O–H groups in total. The Morgan fingerprint density at radius 3 is 2.70 bits per heavy atom. The number of carbonyl (C=O) groups is 1. The SMILES string of the molecule is CC(C)CCNC(=O)OCc1c(-c2ccc(O)cc2)nnn1C. The van der Waals surface area contributed by atoms with Gasteiger partial charge in [0.05, 0.1) is 0 Å². The molecule has 0 bridgehead atoms. The minimum Gasteiger partial charge on any atom is -0.508 e. The third-order valence-corrected chi connectivity index (χ3v) is 3.41. The molecule has 0 aliphatic rings. The number of carbonyl (C=O) groups excluding carboxylic acids is 1. The van der Waals surface area contributed by atoms with Gasteiger partial charge in [-0.15, -0.1) is 5.10 Å². The monoisotopic (exact) mass is 318 g/mol. The maximum absolute atomic E-state index is 11.7. The maximum Gasteiger partial charge on any atom is 0.407 e. The largest absolute Gasteiger partial charge is 0.508 e. The quantitative estimate of drug-likeness (QED) is 0.854. The molecule has 7 heteroatoms. The van der Waals surface area contributed by atoms with Crippen molar-refractivity contribution in [2.45, 2.75) is 26.9 Å². The molecule has 0 radical (unpaired) electrons. The number of amides is 1. The van der Waals surface area contributed by atoms with E-state index in [1.807, 2.05) is 0 Å². The molecular formula is C16H22N4O3. The Hall–Kier alpha value is -2.57. The van der Waals surface area contributed by atoms with Crippen LogP contribution in [0.3, 0.4) is 0 Å². The molecule has 0 saturated heterocycles. The molecule has 0 saturated carbocycles. The number of nitrogens with one attached hydrogen (secondary N) is 1. The summed E-state index contributed by atoms with van der Waals surface area (Å²) in [5.41, 5.74) is 2.12. The number of hydrogen-bond donors (Lipinski definition) is 2. The Morgan fingerprint density at radius 1 is 1.35 bits per heavy atom. The first-order valence-corrected chi connectivity index (χ1v) is 7.56. The van der Waals surface area contributed by atoms with Gasteiger partial charge < -0.3 is 15.2 Å². The van der Waals surface area contributed by atoms with Crippen LogP contribution in [0.4, 0.5) is 4.79 Å². The fourth-order valence-electron chi connectivity index (χ4n) is 2.03. The van der Waals surface area contributed by atoms with E-state index in [4.69, 9.17) is 4.74 Å². The summed E-state index contributed by atoms with van der Waals surface area (Å²) in [4.78, 5) is 11.7. The summed E-state index contributed by atoms with van der Waals surface area (Å²) in [5, 5.41) is 20.1. The van der Waals surface area contributed by atoms with Gasteiger partial charge in [0.2, 0.25) is 0 Å². The summed E-state index contributed by atoms with van der Waals surface area (Å²) >= 11 is 0. The van der Waals surface area contributed by atoms with E-state index in [1.54, 1.807) is 36.0 Å². The molecule has 124 valence electrons. The highest BCUT2D eigenvalue weighted by Crippen LogP contribution is 2.23. The molecule has 0 atom stereocenters. The van der Waals surface area contributed by atoms with Gasteiger partial charge in [0.1, 0.15) is 23.7 Å². The van der Waals surface area contributed by atoms with E-state index in [9.17, 15) is 9.90 Å². The highest BCUT2D eigenvalue weighted by Gasteiger charge is 2.15. The average molecular weight is 318 g/mol. The first-order valence-electron chi connectivity index (χ1n) is 7.56. The lowest BCUT2D eigenvalue weighted by molar-refractivity contribution is 0.136. The summed E-state index contributed by atoms with van der Waals surface area (Å²) < 4.78 is 6.81. The smallest absolute Gasteiger partial charge is 0.407 e. The Bertz CT molecular complexity index is 650. The number of ether oxygens (including phenoxy) is 1. The predicted molar refractivity (Wildman–Crippen MR) is 85.7 cm³/mol. The van der Waals surface area contributed by atoms with E-state index in [2.05, 4.69) is 29.5 Å². The zero-order valence-electron chi connectivity index (χ0n) is 13.6. The summed E-state index contributed by atoms with van der Waals surface area (Å²) in [5.74, 6) is 0.706. The van der Waals surface area contributed by atoms with E-state index in [0.29, 0.717) is 23.9 Å². The van der Waals surface area contributed by atoms with Crippen LogP contribution in [0.15, 0.2) is 24.3 Å². The molecule has 0 spiro atoms. The van der Waals surface area contributed by atoms with Crippen LogP contribution in [0, 0.1) is 5.92 Å². The summed E-state index contributed by atoms with van der Waals surface area (Å²) in [6, 6.07) is 6.64. The number of rotatable bonds is 6. The topological polar surface area (TPSA) is 89.3 Å². The second-order valence-electron chi connectivity index (χ2n) is 5.74. The van der Waals surface area contributed by atoms with Gasteiger partial charge in [-0.1, -0.05) is 19.1 Å². The van der Waals surface area contributed by atoms with E-state index in [0.717, 1.165) is 12.0 Å². The fraction of sp³-hybridized carbons (Fsp3) is 0.438. The molecule has 1 aromatic carbocycles. The molecule has 0 unspecified atom stereocenters. The van der Waals surface area contributed by atoms with Gasteiger partial charge in [-0.3, -0.25) is 0 Å². The lowest BCUT2D eigenvalue weighted by Crippen LogP contribution is -2.26. The van der Waals surface area contributed by atoms with Crippen LogP contribution in [0.2, 0.25) is 0 Å². The Balaban J connectivity index is 1.99. The molecule has 23 heavy (non-hydrogen) atoms. The van der Waals surface area contributed by atoms with Crippen LogP contribution in [-0.2, 0) is 18.4 Å². The first kappa shape index (κ1) is 16.8. The Labute approximate surface area is 135 Å².